The Kier molecular flexibility index (Phi) is 3.47. The minimum atomic E-state index is -0.402. The fraction of sp³-hybridized carbons (Fsp3) is 0.0667. The molecule has 0 aliphatic heterocycles. The summed E-state index contributed by atoms with van der Waals surface area (Å²) >= 11 is 3.07. The van der Waals surface area contributed by atoms with E-state index in [2.05, 4.69) is 31.2 Å². The Bertz CT molecular complexity index is 844. The third kappa shape index (κ3) is 2.80. The molecule has 1 aromatic heterocycles. The van der Waals surface area contributed by atoms with Gasteiger partial charge in [0.15, 0.2) is 0 Å². The number of aromatic amines is 1. The number of fused-ring (bicyclic) bond motifs is 1. The summed E-state index contributed by atoms with van der Waals surface area (Å²) < 4.78 is 13.4. The summed E-state index contributed by atoms with van der Waals surface area (Å²) in [6, 6.07) is 9.55. The van der Waals surface area contributed by atoms with Crippen molar-refractivity contribution in [3.63, 3.8) is 0 Å². The molecule has 1 heterocycles. The van der Waals surface area contributed by atoms with Gasteiger partial charge in [0.2, 0.25) is 0 Å². The van der Waals surface area contributed by atoms with Gasteiger partial charge in [-0.15, -0.1) is 0 Å². The molecule has 0 saturated heterocycles. The van der Waals surface area contributed by atoms with Crippen LogP contribution in [0.4, 0.5) is 10.1 Å². The van der Waals surface area contributed by atoms with Crippen LogP contribution < -0.4 is 5.32 Å². The molecular formula is C15H11BrFN3O. The van der Waals surface area contributed by atoms with Crippen molar-refractivity contribution in [1.29, 1.82) is 0 Å². The summed E-state index contributed by atoms with van der Waals surface area (Å²) in [6.45, 7) is 1.87. The van der Waals surface area contributed by atoms with E-state index in [9.17, 15) is 9.18 Å². The first-order valence-electron chi connectivity index (χ1n) is 6.26. The number of anilines is 1. The number of imidazole rings is 1. The lowest BCUT2D eigenvalue weighted by molar-refractivity contribution is 0.102. The van der Waals surface area contributed by atoms with Crippen LogP contribution in [0.25, 0.3) is 11.0 Å². The molecule has 3 rings (SSSR count). The fourth-order valence-electron chi connectivity index (χ4n) is 2.06. The van der Waals surface area contributed by atoms with Crippen LogP contribution in [0.2, 0.25) is 0 Å². The van der Waals surface area contributed by atoms with Gasteiger partial charge in [0, 0.05) is 11.3 Å². The second-order valence-electron chi connectivity index (χ2n) is 4.64. The minimum absolute atomic E-state index is 0.259. The largest absolute Gasteiger partial charge is 0.342 e. The third-order valence-electron chi connectivity index (χ3n) is 3.04. The van der Waals surface area contributed by atoms with Crippen molar-refractivity contribution in [2.45, 2.75) is 6.92 Å². The Balaban J connectivity index is 1.86. The highest BCUT2D eigenvalue weighted by Gasteiger charge is 2.09. The number of amides is 1. The number of rotatable bonds is 2. The normalized spacial score (nSPS) is 10.8. The molecule has 0 spiro atoms. The van der Waals surface area contributed by atoms with Crippen LogP contribution in [-0.4, -0.2) is 15.9 Å². The number of halogens is 2. The molecule has 3 aromatic rings. The number of carbonyl (C=O) groups is 1. The van der Waals surface area contributed by atoms with Gasteiger partial charge in [-0.2, -0.15) is 0 Å². The summed E-state index contributed by atoms with van der Waals surface area (Å²) in [7, 11) is 0. The highest BCUT2D eigenvalue weighted by molar-refractivity contribution is 9.10. The molecule has 6 heteroatoms. The fourth-order valence-corrected chi connectivity index (χ4v) is 2.43. The number of benzene rings is 2. The number of hydrogen-bond donors (Lipinski definition) is 2. The van der Waals surface area contributed by atoms with Crippen LogP contribution in [0.5, 0.6) is 0 Å². The van der Waals surface area contributed by atoms with Gasteiger partial charge < -0.3 is 10.3 Å². The number of hydrogen-bond acceptors (Lipinski definition) is 2. The standard InChI is InChI=1S/C15H11BrFN3O/c1-8-18-13-5-3-10(7-14(13)19-8)20-15(21)9-2-4-12(17)11(16)6-9/h2-7H,1H3,(H,18,19)(H,20,21). The molecule has 1 amide bonds. The van der Waals surface area contributed by atoms with E-state index in [4.69, 9.17) is 0 Å². The summed E-state index contributed by atoms with van der Waals surface area (Å²) in [5, 5.41) is 2.78. The van der Waals surface area contributed by atoms with Crippen LogP contribution in [0, 0.1) is 12.7 Å². The van der Waals surface area contributed by atoms with Gasteiger partial charge in [-0.3, -0.25) is 4.79 Å². The van der Waals surface area contributed by atoms with Gasteiger partial charge in [-0.25, -0.2) is 9.37 Å². The molecule has 21 heavy (non-hydrogen) atoms. The quantitative estimate of drug-likeness (QED) is 0.735. The second-order valence-corrected chi connectivity index (χ2v) is 5.49. The maximum Gasteiger partial charge on any atom is 0.255 e. The van der Waals surface area contributed by atoms with Crippen molar-refractivity contribution in [3.05, 3.63) is 58.1 Å². The zero-order valence-corrected chi connectivity index (χ0v) is 12.7. The first-order chi connectivity index (χ1) is 10.0. The molecule has 0 aliphatic carbocycles. The maximum atomic E-state index is 13.2. The Morgan fingerprint density at radius 3 is 2.86 bits per heavy atom. The number of aromatic nitrogens is 2. The van der Waals surface area contributed by atoms with E-state index in [1.165, 1.54) is 18.2 Å². The second kappa shape index (κ2) is 5.29. The first kappa shape index (κ1) is 13.8. The highest BCUT2D eigenvalue weighted by atomic mass is 79.9. The average Bonchev–Trinajstić information content (AvgIpc) is 2.81. The number of aryl methyl sites for hydroxylation is 1. The predicted octanol–water partition coefficient (Wildman–Crippen LogP) is 4.03. The number of H-pyrrole nitrogens is 1. The SMILES string of the molecule is Cc1nc2ccc(NC(=O)c3ccc(F)c(Br)c3)cc2[nH]1. The monoisotopic (exact) mass is 347 g/mol. The van der Waals surface area contributed by atoms with Crippen LogP contribution in [0.15, 0.2) is 40.9 Å². The maximum absolute atomic E-state index is 13.2. The molecule has 0 aliphatic rings. The van der Waals surface area contributed by atoms with E-state index in [1.54, 1.807) is 6.07 Å². The molecule has 0 atom stereocenters. The van der Waals surface area contributed by atoms with Gasteiger partial charge in [0.05, 0.1) is 15.5 Å². The summed E-state index contributed by atoms with van der Waals surface area (Å²) in [4.78, 5) is 19.5. The number of nitrogens with one attached hydrogen (secondary N) is 2. The van der Waals surface area contributed by atoms with E-state index < -0.39 is 5.82 Å². The lowest BCUT2D eigenvalue weighted by Crippen LogP contribution is -2.11. The molecule has 106 valence electrons. The number of carbonyl (C=O) groups excluding carboxylic acids is 1. The van der Waals surface area contributed by atoms with Crippen molar-refractivity contribution in [3.8, 4) is 0 Å². The lowest BCUT2D eigenvalue weighted by atomic mass is 10.2. The topological polar surface area (TPSA) is 57.8 Å². The Morgan fingerprint density at radius 2 is 2.10 bits per heavy atom. The Labute approximate surface area is 128 Å². The molecule has 2 N–H and O–H groups in total. The zero-order chi connectivity index (χ0) is 15.0. The zero-order valence-electron chi connectivity index (χ0n) is 11.1. The Morgan fingerprint density at radius 1 is 1.29 bits per heavy atom. The van der Waals surface area contributed by atoms with Crippen molar-refractivity contribution in [2.75, 3.05) is 5.32 Å². The highest BCUT2D eigenvalue weighted by Crippen LogP contribution is 2.20. The molecule has 4 nitrogen and oxygen atoms in total. The van der Waals surface area contributed by atoms with E-state index in [0.717, 1.165) is 16.9 Å². The van der Waals surface area contributed by atoms with E-state index in [0.29, 0.717) is 11.3 Å². The van der Waals surface area contributed by atoms with Crippen LogP contribution in [-0.2, 0) is 0 Å². The molecule has 0 unspecified atom stereocenters. The summed E-state index contributed by atoms with van der Waals surface area (Å²) in [5.74, 6) is 0.114. The van der Waals surface area contributed by atoms with Crippen LogP contribution in [0.1, 0.15) is 16.2 Å². The van der Waals surface area contributed by atoms with Gasteiger partial charge >= 0.3 is 0 Å². The van der Waals surface area contributed by atoms with Gasteiger partial charge in [0.1, 0.15) is 11.6 Å². The smallest absolute Gasteiger partial charge is 0.255 e. The van der Waals surface area contributed by atoms with Gasteiger partial charge in [0.25, 0.3) is 5.91 Å². The van der Waals surface area contributed by atoms with Crippen LogP contribution in [0.3, 0.4) is 0 Å². The predicted molar refractivity (Wildman–Crippen MR) is 82.9 cm³/mol. The van der Waals surface area contributed by atoms with E-state index in [-0.39, 0.29) is 10.4 Å². The van der Waals surface area contributed by atoms with E-state index >= 15 is 0 Å². The first-order valence-corrected chi connectivity index (χ1v) is 7.05. The van der Waals surface area contributed by atoms with Crippen LogP contribution >= 0.6 is 15.9 Å². The Hall–Kier alpha value is -2.21. The molecule has 0 bridgehead atoms. The van der Waals surface area contributed by atoms with Crippen molar-refractivity contribution < 1.29 is 9.18 Å². The van der Waals surface area contributed by atoms with E-state index in [1.807, 2.05) is 19.1 Å². The van der Waals surface area contributed by atoms with Gasteiger partial charge in [-0.05, 0) is 59.3 Å². The lowest BCUT2D eigenvalue weighted by Gasteiger charge is -2.06. The summed E-state index contributed by atoms with van der Waals surface area (Å²) in [6.07, 6.45) is 0. The molecule has 0 saturated carbocycles. The van der Waals surface area contributed by atoms with Crippen molar-refractivity contribution in [2.24, 2.45) is 0 Å². The molecule has 2 aromatic carbocycles. The van der Waals surface area contributed by atoms with Gasteiger partial charge in [-0.1, -0.05) is 0 Å². The van der Waals surface area contributed by atoms with Crippen molar-refractivity contribution in [1.82, 2.24) is 9.97 Å². The third-order valence-corrected chi connectivity index (χ3v) is 3.65. The average molecular weight is 348 g/mol. The minimum Gasteiger partial charge on any atom is -0.342 e. The molecule has 0 radical (unpaired) electrons. The summed E-state index contributed by atoms with van der Waals surface area (Å²) in [5.41, 5.74) is 2.72. The van der Waals surface area contributed by atoms with Crippen molar-refractivity contribution >= 4 is 38.6 Å². The molecular weight excluding hydrogens is 337 g/mol. The molecule has 0 fully saturated rings. The number of nitrogens with zero attached hydrogens (tertiary/aromatic N) is 1.